The van der Waals surface area contributed by atoms with Crippen LogP contribution < -0.4 is 11.1 Å². The maximum absolute atomic E-state index is 12.8. The number of aromatic amines is 2. The van der Waals surface area contributed by atoms with Crippen molar-refractivity contribution in [2.45, 2.75) is 36.6 Å². The van der Waals surface area contributed by atoms with Crippen LogP contribution in [0.25, 0.3) is 31.6 Å². The lowest BCUT2D eigenvalue weighted by Crippen LogP contribution is -2.12. The van der Waals surface area contributed by atoms with Gasteiger partial charge in [-0.3, -0.25) is 9.59 Å². The maximum Gasteiger partial charge on any atom is 0.260 e. The first-order chi connectivity index (χ1) is 15.7. The number of thiophene rings is 2. The minimum atomic E-state index is -0.145. The van der Waals surface area contributed by atoms with Crippen molar-refractivity contribution in [3.63, 3.8) is 0 Å². The van der Waals surface area contributed by atoms with Gasteiger partial charge in [0.2, 0.25) is 0 Å². The summed E-state index contributed by atoms with van der Waals surface area (Å²) in [7, 11) is 0. The highest BCUT2D eigenvalue weighted by Gasteiger charge is 2.20. The van der Waals surface area contributed by atoms with Crippen LogP contribution in [-0.2, 0) is 18.6 Å². The van der Waals surface area contributed by atoms with Gasteiger partial charge in [-0.2, -0.15) is 0 Å². The van der Waals surface area contributed by atoms with Crippen molar-refractivity contribution in [2.24, 2.45) is 0 Å². The standard InChI is InChI=1S/C23H18N4O2S3/c28-19-18-14(12-6-2-1-3-7-12)10-30-21(18)25-16(24-19)11-31-23-26-20(29)17-13-8-4-5-9-15(13)32-22(17)27-23/h1-3,6-7,10H,4-5,8-9,11H2,(H,24,25,28)(H,26,27,29). The molecule has 160 valence electrons. The van der Waals surface area contributed by atoms with Crippen molar-refractivity contribution in [1.82, 2.24) is 19.9 Å². The molecule has 0 saturated carbocycles. The monoisotopic (exact) mass is 478 g/mol. The molecule has 0 bridgehead atoms. The number of hydrogen-bond acceptors (Lipinski definition) is 7. The predicted molar refractivity (Wildman–Crippen MR) is 132 cm³/mol. The number of fused-ring (bicyclic) bond motifs is 4. The molecular formula is C23H18N4O2S3. The van der Waals surface area contributed by atoms with Gasteiger partial charge in [0, 0.05) is 15.8 Å². The molecule has 6 rings (SSSR count). The summed E-state index contributed by atoms with van der Waals surface area (Å²) in [6.45, 7) is 0. The highest BCUT2D eigenvalue weighted by atomic mass is 32.2. The summed E-state index contributed by atoms with van der Waals surface area (Å²) in [5, 5.41) is 3.91. The number of aryl methyl sites for hydroxylation is 2. The van der Waals surface area contributed by atoms with Crippen LogP contribution in [0.5, 0.6) is 0 Å². The van der Waals surface area contributed by atoms with Gasteiger partial charge in [0.15, 0.2) is 5.16 Å². The van der Waals surface area contributed by atoms with Crippen molar-refractivity contribution in [3.05, 3.63) is 72.7 Å². The number of nitrogens with one attached hydrogen (secondary N) is 2. The van der Waals surface area contributed by atoms with Crippen LogP contribution in [0.3, 0.4) is 0 Å². The normalized spacial score (nSPS) is 13.6. The van der Waals surface area contributed by atoms with E-state index in [0.29, 0.717) is 27.0 Å². The van der Waals surface area contributed by atoms with E-state index in [2.05, 4.69) is 15.0 Å². The zero-order chi connectivity index (χ0) is 21.7. The van der Waals surface area contributed by atoms with E-state index in [9.17, 15) is 9.59 Å². The second kappa shape index (κ2) is 7.99. The molecule has 1 aliphatic rings. The zero-order valence-corrected chi connectivity index (χ0v) is 19.4. The van der Waals surface area contributed by atoms with Crippen LogP contribution in [0.1, 0.15) is 29.1 Å². The molecule has 0 saturated heterocycles. The summed E-state index contributed by atoms with van der Waals surface area (Å²) in [6.07, 6.45) is 4.30. The second-order valence-corrected chi connectivity index (χ2v) is 10.7. The summed E-state index contributed by atoms with van der Waals surface area (Å²) < 4.78 is 0. The third-order valence-corrected chi connectivity index (χ3v) is 8.67. The largest absolute Gasteiger partial charge is 0.309 e. The van der Waals surface area contributed by atoms with Gasteiger partial charge < -0.3 is 9.97 Å². The lowest BCUT2D eigenvalue weighted by Gasteiger charge is -2.09. The number of thioether (sulfide) groups is 1. The Hall–Kier alpha value is -2.75. The molecule has 0 spiro atoms. The molecule has 0 aliphatic heterocycles. The van der Waals surface area contributed by atoms with Crippen LogP contribution in [0.4, 0.5) is 0 Å². The predicted octanol–water partition coefficient (Wildman–Crippen LogP) is 5.12. The van der Waals surface area contributed by atoms with Gasteiger partial charge in [-0.25, -0.2) is 9.97 Å². The third kappa shape index (κ3) is 3.41. The molecule has 6 nitrogen and oxygen atoms in total. The van der Waals surface area contributed by atoms with Crippen LogP contribution in [0, 0.1) is 0 Å². The molecular weight excluding hydrogens is 460 g/mol. The fourth-order valence-electron chi connectivity index (χ4n) is 4.24. The average molecular weight is 479 g/mol. The Morgan fingerprint density at radius 2 is 1.75 bits per heavy atom. The lowest BCUT2D eigenvalue weighted by molar-refractivity contribution is 0.700. The number of rotatable bonds is 4. The van der Waals surface area contributed by atoms with E-state index in [1.807, 2.05) is 35.7 Å². The van der Waals surface area contributed by atoms with Gasteiger partial charge >= 0.3 is 0 Å². The highest BCUT2D eigenvalue weighted by Crippen LogP contribution is 2.34. The highest BCUT2D eigenvalue weighted by molar-refractivity contribution is 7.98. The van der Waals surface area contributed by atoms with Gasteiger partial charge in [0.1, 0.15) is 15.5 Å². The Morgan fingerprint density at radius 1 is 0.938 bits per heavy atom. The summed E-state index contributed by atoms with van der Waals surface area (Å²) in [6, 6.07) is 9.85. The molecule has 0 amide bonds. The van der Waals surface area contributed by atoms with Gasteiger partial charge in [-0.05, 0) is 36.8 Å². The SMILES string of the molecule is O=c1[nH]c(CSc2nc3sc4c(c3c(=O)[nH]2)CCCC4)nc2scc(-c3ccccc3)c12. The Labute approximate surface area is 194 Å². The first kappa shape index (κ1) is 19.9. The molecule has 9 heteroatoms. The fourth-order valence-corrected chi connectivity index (χ4v) is 7.26. The van der Waals surface area contributed by atoms with Gasteiger partial charge in [-0.1, -0.05) is 42.1 Å². The average Bonchev–Trinajstić information content (AvgIpc) is 3.40. The molecule has 0 radical (unpaired) electrons. The summed E-state index contributed by atoms with van der Waals surface area (Å²) >= 11 is 4.49. The number of H-pyrrole nitrogens is 2. The molecule has 4 heterocycles. The van der Waals surface area contributed by atoms with E-state index >= 15 is 0 Å². The second-order valence-electron chi connectivity index (χ2n) is 7.76. The molecule has 5 aromatic rings. The molecule has 0 atom stereocenters. The first-order valence-electron chi connectivity index (χ1n) is 10.4. The number of hydrogen-bond donors (Lipinski definition) is 2. The van der Waals surface area contributed by atoms with Gasteiger partial charge in [0.25, 0.3) is 11.1 Å². The Balaban J connectivity index is 1.30. The van der Waals surface area contributed by atoms with E-state index in [-0.39, 0.29) is 11.1 Å². The smallest absolute Gasteiger partial charge is 0.260 e. The van der Waals surface area contributed by atoms with Crippen molar-refractivity contribution in [3.8, 4) is 11.1 Å². The number of benzene rings is 1. The van der Waals surface area contributed by atoms with Crippen molar-refractivity contribution in [1.29, 1.82) is 0 Å². The summed E-state index contributed by atoms with van der Waals surface area (Å²) in [4.78, 5) is 43.6. The van der Waals surface area contributed by atoms with Crippen LogP contribution in [0.2, 0.25) is 0 Å². The third-order valence-electron chi connectivity index (χ3n) is 5.73. The Kier molecular flexibility index (Phi) is 4.97. The van der Waals surface area contributed by atoms with Crippen molar-refractivity contribution in [2.75, 3.05) is 0 Å². The van der Waals surface area contributed by atoms with Gasteiger partial charge in [0.05, 0.1) is 16.5 Å². The van der Waals surface area contributed by atoms with Crippen LogP contribution >= 0.6 is 34.4 Å². The first-order valence-corrected chi connectivity index (χ1v) is 13.1. The summed E-state index contributed by atoms with van der Waals surface area (Å²) in [5.74, 6) is 0.991. The van der Waals surface area contributed by atoms with Crippen molar-refractivity contribution < 1.29 is 0 Å². The Bertz CT molecular complexity index is 1580. The van der Waals surface area contributed by atoms with Crippen LogP contribution in [-0.4, -0.2) is 19.9 Å². The fraction of sp³-hybridized carbons (Fsp3) is 0.217. The topological polar surface area (TPSA) is 91.5 Å². The number of nitrogens with zero attached hydrogens (tertiary/aromatic N) is 2. The Morgan fingerprint density at radius 3 is 2.62 bits per heavy atom. The van der Waals surface area contributed by atoms with Crippen molar-refractivity contribution >= 4 is 54.9 Å². The molecule has 1 aromatic carbocycles. The maximum atomic E-state index is 12.8. The molecule has 1 aliphatic carbocycles. The zero-order valence-electron chi connectivity index (χ0n) is 16.9. The minimum Gasteiger partial charge on any atom is -0.309 e. The molecule has 0 fully saturated rings. The summed E-state index contributed by atoms with van der Waals surface area (Å²) in [5.41, 5.74) is 2.87. The quantitative estimate of drug-likeness (QED) is 0.276. The van der Waals surface area contributed by atoms with E-state index in [0.717, 1.165) is 40.6 Å². The molecule has 32 heavy (non-hydrogen) atoms. The van der Waals surface area contributed by atoms with E-state index < -0.39 is 0 Å². The minimum absolute atomic E-state index is 0.0698. The van der Waals surface area contributed by atoms with E-state index in [1.54, 1.807) is 11.3 Å². The van der Waals surface area contributed by atoms with E-state index in [1.165, 1.54) is 40.0 Å². The molecule has 2 N–H and O–H groups in total. The van der Waals surface area contributed by atoms with Gasteiger partial charge in [-0.15, -0.1) is 22.7 Å². The number of aromatic nitrogens is 4. The van der Waals surface area contributed by atoms with E-state index in [4.69, 9.17) is 4.98 Å². The van der Waals surface area contributed by atoms with Crippen LogP contribution in [0.15, 0.2) is 50.5 Å². The lowest BCUT2D eigenvalue weighted by atomic mass is 9.97. The molecule has 4 aromatic heterocycles. The molecule has 0 unspecified atom stereocenters.